The van der Waals surface area contributed by atoms with Gasteiger partial charge in [-0.25, -0.2) is 0 Å². The molecule has 1 atom stereocenters. The van der Waals surface area contributed by atoms with Crippen LogP contribution in [0.25, 0.3) is 0 Å². The molecule has 1 aromatic rings. The van der Waals surface area contributed by atoms with Crippen LogP contribution in [0.2, 0.25) is 0 Å². The Morgan fingerprint density at radius 3 is 2.60 bits per heavy atom. The van der Waals surface area contributed by atoms with Gasteiger partial charge in [-0.3, -0.25) is 4.79 Å². The van der Waals surface area contributed by atoms with Gasteiger partial charge in [0.1, 0.15) is 5.75 Å². The van der Waals surface area contributed by atoms with Gasteiger partial charge in [0.25, 0.3) is 0 Å². The first-order valence-electron chi connectivity index (χ1n) is 6.88. The van der Waals surface area contributed by atoms with Gasteiger partial charge < -0.3 is 19.8 Å². The molecule has 0 aliphatic heterocycles. The van der Waals surface area contributed by atoms with E-state index in [4.69, 9.17) is 9.84 Å². The van der Waals surface area contributed by atoms with Crippen molar-refractivity contribution in [3.8, 4) is 5.75 Å². The third kappa shape index (κ3) is 7.76. The molecule has 0 heterocycles. The monoisotopic (exact) mass is 281 g/mol. The summed E-state index contributed by atoms with van der Waals surface area (Å²) >= 11 is 0. The standard InChI is InChI=1S/C15H23NO4/c1-13(17)12-16(10-8-15(18)19)9-5-11-20-14-6-3-2-4-7-14/h2-4,6-7,13,17H,5,8-12H2,1H3,(H,18,19). The van der Waals surface area contributed by atoms with Gasteiger partial charge in [-0.15, -0.1) is 0 Å². The maximum absolute atomic E-state index is 10.6. The average Bonchev–Trinajstić information content (AvgIpc) is 2.41. The zero-order valence-electron chi connectivity index (χ0n) is 11.9. The molecule has 0 aliphatic carbocycles. The lowest BCUT2D eigenvalue weighted by Gasteiger charge is -2.22. The van der Waals surface area contributed by atoms with Gasteiger partial charge in [0.2, 0.25) is 0 Å². The van der Waals surface area contributed by atoms with Crippen molar-refractivity contribution in [2.24, 2.45) is 0 Å². The smallest absolute Gasteiger partial charge is 0.304 e. The van der Waals surface area contributed by atoms with Crippen molar-refractivity contribution in [3.05, 3.63) is 30.3 Å². The van der Waals surface area contributed by atoms with Crippen LogP contribution in [0.5, 0.6) is 5.75 Å². The van der Waals surface area contributed by atoms with E-state index >= 15 is 0 Å². The molecule has 0 saturated carbocycles. The second-order valence-corrected chi connectivity index (χ2v) is 4.81. The van der Waals surface area contributed by atoms with Crippen molar-refractivity contribution < 1.29 is 19.7 Å². The predicted octanol–water partition coefficient (Wildman–Crippen LogP) is 1.61. The number of benzene rings is 1. The van der Waals surface area contributed by atoms with Gasteiger partial charge in [0, 0.05) is 19.6 Å². The number of hydrogen-bond donors (Lipinski definition) is 2. The highest BCUT2D eigenvalue weighted by Gasteiger charge is 2.10. The maximum Gasteiger partial charge on any atom is 0.304 e. The fourth-order valence-electron chi connectivity index (χ4n) is 1.92. The Balaban J connectivity index is 2.25. The Labute approximate surface area is 119 Å². The number of aliphatic hydroxyl groups is 1. The highest BCUT2D eigenvalue weighted by Crippen LogP contribution is 2.08. The maximum atomic E-state index is 10.6. The summed E-state index contributed by atoms with van der Waals surface area (Å²) in [6.45, 7) is 3.93. The normalized spacial score (nSPS) is 12.3. The molecule has 1 unspecified atom stereocenters. The molecule has 1 aromatic carbocycles. The summed E-state index contributed by atoms with van der Waals surface area (Å²) in [6.07, 6.45) is 0.423. The molecule has 112 valence electrons. The minimum absolute atomic E-state index is 0.0895. The number of carbonyl (C=O) groups is 1. The van der Waals surface area contributed by atoms with E-state index in [0.717, 1.165) is 12.2 Å². The number of carboxylic acids is 1. The number of carboxylic acid groups (broad SMARTS) is 1. The minimum atomic E-state index is -0.818. The Hall–Kier alpha value is -1.59. The van der Waals surface area contributed by atoms with Crippen molar-refractivity contribution in [1.82, 2.24) is 4.90 Å². The van der Waals surface area contributed by atoms with Gasteiger partial charge in [0.05, 0.1) is 19.1 Å². The summed E-state index contributed by atoms with van der Waals surface area (Å²) in [5, 5.41) is 18.1. The highest BCUT2D eigenvalue weighted by molar-refractivity contribution is 5.66. The summed E-state index contributed by atoms with van der Waals surface area (Å²) < 4.78 is 5.58. The molecule has 5 nitrogen and oxygen atoms in total. The van der Waals surface area contributed by atoms with Crippen molar-refractivity contribution in [2.45, 2.75) is 25.9 Å². The molecule has 0 fully saturated rings. The molecular formula is C15H23NO4. The quantitative estimate of drug-likeness (QED) is 0.638. The zero-order chi connectivity index (χ0) is 14.8. The molecule has 0 amide bonds. The fraction of sp³-hybridized carbons (Fsp3) is 0.533. The fourth-order valence-corrected chi connectivity index (χ4v) is 1.92. The van der Waals surface area contributed by atoms with Crippen LogP contribution in [0.15, 0.2) is 30.3 Å². The van der Waals surface area contributed by atoms with Gasteiger partial charge in [-0.05, 0) is 25.5 Å². The largest absolute Gasteiger partial charge is 0.494 e. The second kappa shape index (κ2) is 9.34. The van der Waals surface area contributed by atoms with Gasteiger partial charge >= 0.3 is 5.97 Å². The molecule has 2 N–H and O–H groups in total. The Morgan fingerprint density at radius 2 is 2.00 bits per heavy atom. The van der Waals surface area contributed by atoms with E-state index in [-0.39, 0.29) is 6.42 Å². The molecule has 20 heavy (non-hydrogen) atoms. The van der Waals surface area contributed by atoms with Crippen molar-refractivity contribution in [2.75, 3.05) is 26.2 Å². The number of nitrogens with zero attached hydrogens (tertiary/aromatic N) is 1. The first-order valence-corrected chi connectivity index (χ1v) is 6.88. The first-order chi connectivity index (χ1) is 9.58. The molecule has 0 bridgehead atoms. The topological polar surface area (TPSA) is 70.0 Å². The lowest BCUT2D eigenvalue weighted by molar-refractivity contribution is -0.137. The van der Waals surface area contributed by atoms with Crippen LogP contribution in [0.3, 0.4) is 0 Å². The van der Waals surface area contributed by atoms with Crippen molar-refractivity contribution >= 4 is 5.97 Å². The number of para-hydroxylation sites is 1. The first kappa shape index (κ1) is 16.5. The van der Waals surface area contributed by atoms with E-state index < -0.39 is 12.1 Å². The molecule has 0 aliphatic rings. The molecule has 0 spiro atoms. The van der Waals surface area contributed by atoms with Crippen LogP contribution in [0.4, 0.5) is 0 Å². The van der Waals surface area contributed by atoms with E-state index in [1.54, 1.807) is 6.92 Å². The van der Waals surface area contributed by atoms with Crippen LogP contribution in [0, 0.1) is 0 Å². The van der Waals surface area contributed by atoms with Crippen LogP contribution in [0.1, 0.15) is 19.8 Å². The van der Waals surface area contributed by atoms with Crippen LogP contribution in [-0.2, 0) is 4.79 Å². The van der Waals surface area contributed by atoms with E-state index in [2.05, 4.69) is 0 Å². The van der Waals surface area contributed by atoms with Crippen molar-refractivity contribution in [1.29, 1.82) is 0 Å². The number of hydrogen-bond acceptors (Lipinski definition) is 4. The number of aliphatic carboxylic acids is 1. The molecule has 0 radical (unpaired) electrons. The van der Waals surface area contributed by atoms with E-state index in [9.17, 15) is 9.90 Å². The Bertz CT molecular complexity index is 381. The molecular weight excluding hydrogens is 258 g/mol. The number of aliphatic hydroxyl groups excluding tert-OH is 1. The predicted molar refractivity (Wildman–Crippen MR) is 76.9 cm³/mol. The lowest BCUT2D eigenvalue weighted by Crippen LogP contribution is -2.34. The lowest BCUT2D eigenvalue weighted by atomic mass is 10.3. The molecule has 1 rings (SSSR count). The number of rotatable bonds is 10. The van der Waals surface area contributed by atoms with Gasteiger partial charge in [-0.2, -0.15) is 0 Å². The summed E-state index contributed by atoms with van der Waals surface area (Å²) in [7, 11) is 0. The van der Waals surface area contributed by atoms with Crippen LogP contribution >= 0.6 is 0 Å². The summed E-state index contributed by atoms with van der Waals surface area (Å²) in [5.74, 6) is 0.0150. The van der Waals surface area contributed by atoms with Gasteiger partial charge in [-0.1, -0.05) is 18.2 Å². The summed E-state index contributed by atoms with van der Waals surface area (Å²) in [4.78, 5) is 12.5. The Kier molecular flexibility index (Phi) is 7.69. The second-order valence-electron chi connectivity index (χ2n) is 4.81. The zero-order valence-corrected chi connectivity index (χ0v) is 11.9. The molecule has 0 aromatic heterocycles. The summed E-state index contributed by atoms with van der Waals surface area (Å²) in [5.41, 5.74) is 0. The van der Waals surface area contributed by atoms with E-state index in [1.165, 1.54) is 0 Å². The number of ether oxygens (including phenoxy) is 1. The van der Waals surface area contributed by atoms with E-state index in [1.807, 2.05) is 35.2 Å². The molecule has 5 heteroatoms. The van der Waals surface area contributed by atoms with E-state index in [0.29, 0.717) is 26.2 Å². The van der Waals surface area contributed by atoms with Crippen LogP contribution < -0.4 is 4.74 Å². The van der Waals surface area contributed by atoms with Crippen molar-refractivity contribution in [3.63, 3.8) is 0 Å². The SMILES string of the molecule is CC(O)CN(CCCOc1ccccc1)CCC(=O)O. The third-order valence-corrected chi connectivity index (χ3v) is 2.79. The van der Waals surface area contributed by atoms with Gasteiger partial charge in [0.15, 0.2) is 0 Å². The minimum Gasteiger partial charge on any atom is -0.494 e. The highest BCUT2D eigenvalue weighted by atomic mass is 16.5. The Morgan fingerprint density at radius 1 is 1.30 bits per heavy atom. The average molecular weight is 281 g/mol. The molecule has 0 saturated heterocycles. The third-order valence-electron chi connectivity index (χ3n) is 2.79. The van der Waals surface area contributed by atoms with Crippen LogP contribution in [-0.4, -0.2) is 53.4 Å². The summed E-state index contributed by atoms with van der Waals surface area (Å²) in [6, 6.07) is 9.57.